The summed E-state index contributed by atoms with van der Waals surface area (Å²) in [5, 5.41) is 0.994. The van der Waals surface area contributed by atoms with Gasteiger partial charge in [0.1, 0.15) is 5.82 Å². The second-order valence-electron chi connectivity index (χ2n) is 8.61. The Morgan fingerprint density at radius 1 is 1.02 bits per heavy atom. The SMILES string of the molecule is C\C=C(/C=C\C(=C/C)N(C)c1ccc2ccccc2n1)NS(=O)c1cc(CPC(F)(F)F)ccc1COC(F)(F)F. The Bertz CT molecular complexity index is 1470. The maximum atomic E-state index is 13.2. The van der Waals surface area contributed by atoms with Crippen molar-refractivity contribution < 1.29 is 35.3 Å². The van der Waals surface area contributed by atoms with Crippen LogP contribution in [0.4, 0.5) is 32.2 Å². The first-order valence-corrected chi connectivity index (χ1v) is 14.6. The third-order valence-electron chi connectivity index (χ3n) is 5.78. The zero-order chi connectivity index (χ0) is 30.2. The van der Waals surface area contributed by atoms with Gasteiger partial charge in [-0.2, -0.15) is 13.2 Å². The molecule has 0 aliphatic carbocycles. The van der Waals surface area contributed by atoms with Crippen LogP contribution in [0.25, 0.3) is 10.9 Å². The summed E-state index contributed by atoms with van der Waals surface area (Å²) in [5.74, 6) is -3.70. The predicted molar refractivity (Wildman–Crippen MR) is 152 cm³/mol. The third kappa shape index (κ3) is 9.98. The minimum absolute atomic E-state index is 0.0667. The summed E-state index contributed by atoms with van der Waals surface area (Å²) >= 11 is 0. The standard InChI is InChI=1S/C28H28F6N3O2PS/c1-4-22(13-14-23(5-2)37(3)26-15-12-20-8-6-7-9-24(20)35-26)36-41(38)25-16-19(18-40-28(32,33)34)10-11-21(25)17-39-27(29,30)31/h4-16,36,40H,17-18H2,1-3H3/b14-13-,22-4+,23-5+. The molecule has 1 aromatic heterocycles. The van der Waals surface area contributed by atoms with E-state index in [4.69, 9.17) is 0 Å². The van der Waals surface area contributed by atoms with Crippen molar-refractivity contribution in [1.29, 1.82) is 0 Å². The summed E-state index contributed by atoms with van der Waals surface area (Å²) in [6.45, 7) is 2.56. The molecular weight excluding hydrogens is 587 g/mol. The zero-order valence-corrected chi connectivity index (χ0v) is 24.1. The Hall–Kier alpha value is -3.21. The number of rotatable bonds is 11. The molecule has 1 N–H and O–H groups in total. The molecule has 0 aliphatic heterocycles. The molecule has 0 fully saturated rings. The van der Waals surface area contributed by atoms with Crippen molar-refractivity contribution >= 4 is 36.3 Å². The summed E-state index contributed by atoms with van der Waals surface area (Å²) in [5.41, 5.74) is 2.07. The Morgan fingerprint density at radius 2 is 1.76 bits per heavy atom. The summed E-state index contributed by atoms with van der Waals surface area (Å²) in [6.07, 6.45) is 1.50. The van der Waals surface area contributed by atoms with E-state index in [2.05, 4.69) is 14.4 Å². The van der Waals surface area contributed by atoms with Crippen LogP contribution in [0.2, 0.25) is 0 Å². The number of pyridine rings is 1. The number of fused-ring (bicyclic) bond motifs is 1. The van der Waals surface area contributed by atoms with Gasteiger partial charge in [-0.3, -0.25) is 4.74 Å². The molecule has 220 valence electrons. The van der Waals surface area contributed by atoms with Gasteiger partial charge in [0, 0.05) is 23.8 Å². The number of likely N-dealkylation sites (N-methyl/N-ethyl adjacent to an activating group) is 1. The number of para-hydroxylation sites is 1. The molecule has 0 radical (unpaired) electrons. The normalized spacial score (nSPS) is 14.4. The van der Waals surface area contributed by atoms with Gasteiger partial charge in [-0.05, 0) is 76.1 Å². The van der Waals surface area contributed by atoms with E-state index in [1.54, 1.807) is 25.2 Å². The van der Waals surface area contributed by atoms with Crippen molar-refractivity contribution in [2.75, 3.05) is 11.9 Å². The lowest BCUT2D eigenvalue weighted by Gasteiger charge is -2.20. The quantitative estimate of drug-likeness (QED) is 0.135. The summed E-state index contributed by atoms with van der Waals surface area (Å²) in [6, 6.07) is 15.2. The van der Waals surface area contributed by atoms with Gasteiger partial charge in [0.05, 0.1) is 17.0 Å². The first-order chi connectivity index (χ1) is 19.3. The lowest BCUT2D eigenvalue weighted by molar-refractivity contribution is -0.330. The number of nitrogens with one attached hydrogen (secondary N) is 1. The number of alkyl halides is 6. The second kappa shape index (κ2) is 14.1. The van der Waals surface area contributed by atoms with E-state index in [0.717, 1.165) is 16.6 Å². The lowest BCUT2D eigenvalue weighted by Crippen LogP contribution is -2.20. The highest BCUT2D eigenvalue weighted by Crippen LogP contribution is 2.39. The number of benzene rings is 2. The van der Waals surface area contributed by atoms with Crippen LogP contribution in [-0.2, 0) is 28.5 Å². The molecule has 2 aromatic carbocycles. The Kier molecular flexibility index (Phi) is 11.1. The average molecular weight is 616 g/mol. The predicted octanol–water partition coefficient (Wildman–Crippen LogP) is 8.08. The molecule has 0 saturated heterocycles. The fraction of sp³-hybridized carbons (Fsp3) is 0.250. The molecule has 3 rings (SSSR count). The van der Waals surface area contributed by atoms with Crippen molar-refractivity contribution in [3.63, 3.8) is 0 Å². The van der Waals surface area contributed by atoms with Gasteiger partial charge >= 0.3 is 12.3 Å². The number of nitrogens with zero attached hydrogens (tertiary/aromatic N) is 2. The van der Waals surface area contributed by atoms with Crippen molar-refractivity contribution in [2.24, 2.45) is 0 Å². The van der Waals surface area contributed by atoms with Crippen LogP contribution < -0.4 is 9.62 Å². The fourth-order valence-corrected chi connectivity index (χ4v) is 5.42. The number of hydrogen-bond donors (Lipinski definition) is 1. The highest BCUT2D eigenvalue weighted by molar-refractivity contribution is 7.83. The number of aromatic nitrogens is 1. The summed E-state index contributed by atoms with van der Waals surface area (Å²) in [4.78, 5) is 6.42. The molecule has 0 amide bonds. The van der Waals surface area contributed by atoms with E-state index in [1.165, 1.54) is 18.2 Å². The van der Waals surface area contributed by atoms with Crippen molar-refractivity contribution in [2.45, 2.75) is 43.8 Å². The average Bonchev–Trinajstić information content (AvgIpc) is 2.93. The van der Waals surface area contributed by atoms with Gasteiger partial charge in [-0.15, -0.1) is 13.2 Å². The van der Waals surface area contributed by atoms with Crippen LogP contribution in [0.5, 0.6) is 0 Å². The molecule has 0 saturated carbocycles. The Labute approximate surface area is 238 Å². The second-order valence-corrected chi connectivity index (χ2v) is 11.1. The molecule has 41 heavy (non-hydrogen) atoms. The van der Waals surface area contributed by atoms with E-state index in [-0.39, 0.29) is 22.2 Å². The van der Waals surface area contributed by atoms with E-state index in [9.17, 15) is 30.6 Å². The first kappa shape index (κ1) is 32.3. The topological polar surface area (TPSA) is 54.5 Å². The molecular formula is C28H28F6N3O2PS. The van der Waals surface area contributed by atoms with Crippen LogP contribution in [0.1, 0.15) is 25.0 Å². The fourth-order valence-electron chi connectivity index (χ4n) is 3.66. The van der Waals surface area contributed by atoms with Gasteiger partial charge < -0.3 is 9.62 Å². The molecule has 13 heteroatoms. The van der Waals surface area contributed by atoms with Crippen molar-refractivity contribution in [1.82, 2.24) is 9.71 Å². The highest BCUT2D eigenvalue weighted by Gasteiger charge is 2.30. The van der Waals surface area contributed by atoms with Crippen molar-refractivity contribution in [3.8, 4) is 0 Å². The van der Waals surface area contributed by atoms with Crippen LogP contribution in [-0.4, -0.2) is 28.5 Å². The zero-order valence-electron chi connectivity index (χ0n) is 22.3. The minimum Gasteiger partial charge on any atom is -0.330 e. The molecule has 2 unspecified atom stereocenters. The lowest BCUT2D eigenvalue weighted by atomic mass is 10.1. The number of allylic oxidation sites excluding steroid dienone is 4. The van der Waals surface area contributed by atoms with Crippen LogP contribution in [0, 0.1) is 0 Å². The number of hydrogen-bond acceptors (Lipinski definition) is 4. The molecule has 0 bridgehead atoms. The molecule has 5 nitrogen and oxygen atoms in total. The van der Waals surface area contributed by atoms with E-state index in [0.29, 0.717) is 11.5 Å². The summed E-state index contributed by atoms with van der Waals surface area (Å²) < 4.78 is 96.1. The molecule has 0 aliphatic rings. The van der Waals surface area contributed by atoms with Crippen LogP contribution in [0.3, 0.4) is 0 Å². The van der Waals surface area contributed by atoms with E-state index >= 15 is 0 Å². The Morgan fingerprint density at radius 3 is 2.41 bits per heavy atom. The Balaban J connectivity index is 1.80. The molecule has 1 heterocycles. The van der Waals surface area contributed by atoms with Crippen LogP contribution >= 0.6 is 8.58 Å². The van der Waals surface area contributed by atoms with Gasteiger partial charge in [0.15, 0.2) is 11.0 Å². The van der Waals surface area contributed by atoms with Crippen LogP contribution in [0.15, 0.2) is 95.2 Å². The van der Waals surface area contributed by atoms with E-state index in [1.807, 2.05) is 61.3 Å². The largest absolute Gasteiger partial charge is 0.522 e. The first-order valence-electron chi connectivity index (χ1n) is 12.2. The van der Waals surface area contributed by atoms with Gasteiger partial charge in [0.2, 0.25) is 0 Å². The smallest absolute Gasteiger partial charge is 0.330 e. The molecule has 0 spiro atoms. The highest BCUT2D eigenvalue weighted by atomic mass is 32.2. The maximum absolute atomic E-state index is 13.2. The number of ether oxygens (including phenoxy) is 1. The number of anilines is 1. The maximum Gasteiger partial charge on any atom is 0.522 e. The van der Waals surface area contributed by atoms with Gasteiger partial charge in [-0.1, -0.05) is 42.5 Å². The molecule has 3 aromatic rings. The third-order valence-corrected chi connectivity index (χ3v) is 7.97. The van der Waals surface area contributed by atoms with Gasteiger partial charge in [-0.25, -0.2) is 9.19 Å². The summed E-state index contributed by atoms with van der Waals surface area (Å²) in [7, 11) is -1.68. The monoisotopic (exact) mass is 615 g/mol. The number of halogens is 6. The molecule has 2 atom stereocenters. The minimum atomic E-state index is -4.94. The van der Waals surface area contributed by atoms with E-state index < -0.39 is 38.5 Å². The van der Waals surface area contributed by atoms with Gasteiger partial charge in [0.25, 0.3) is 0 Å². The van der Waals surface area contributed by atoms with Crippen molar-refractivity contribution in [3.05, 3.63) is 101 Å².